The van der Waals surface area contributed by atoms with Gasteiger partial charge in [0.1, 0.15) is 29.8 Å². The average Bonchev–Trinajstić information content (AvgIpc) is 2.87. The van der Waals surface area contributed by atoms with Gasteiger partial charge in [0, 0.05) is 23.7 Å². The highest BCUT2D eigenvalue weighted by Gasteiger charge is 2.19. The summed E-state index contributed by atoms with van der Waals surface area (Å²) in [6, 6.07) is 7.92. The molecule has 1 unspecified atom stereocenters. The number of hydrogen-bond donors (Lipinski definition) is 1. The fraction of sp³-hybridized carbons (Fsp3) is 0.240. The summed E-state index contributed by atoms with van der Waals surface area (Å²) in [5, 5.41) is 9.13. The lowest BCUT2D eigenvalue weighted by atomic mass is 10.1. The van der Waals surface area contributed by atoms with Crippen LogP contribution in [0.4, 0.5) is 8.78 Å². The molecule has 0 spiro atoms. The second kappa shape index (κ2) is 10.5. The molecule has 0 amide bonds. The van der Waals surface area contributed by atoms with Crippen LogP contribution >= 0.6 is 11.6 Å². The van der Waals surface area contributed by atoms with Crippen LogP contribution in [0.1, 0.15) is 35.7 Å². The number of aryl methyl sites for hydroxylation is 2. The zero-order valence-corrected chi connectivity index (χ0v) is 20.4. The van der Waals surface area contributed by atoms with E-state index in [9.17, 15) is 18.7 Å². The van der Waals surface area contributed by atoms with Gasteiger partial charge in [0.05, 0.1) is 24.2 Å². The molecular weight excluding hydrogens is 492 g/mol. The van der Waals surface area contributed by atoms with Crippen LogP contribution < -0.4 is 10.3 Å². The van der Waals surface area contributed by atoms with E-state index in [0.29, 0.717) is 23.3 Å². The number of pyridine rings is 1. The molecule has 1 atom stereocenters. The van der Waals surface area contributed by atoms with Gasteiger partial charge in [-0.15, -0.1) is 0 Å². The number of aliphatic hydroxyl groups excluding tert-OH is 1. The maximum absolute atomic E-state index is 13.9. The third kappa shape index (κ3) is 5.09. The van der Waals surface area contributed by atoms with Crippen molar-refractivity contribution >= 4 is 11.6 Å². The summed E-state index contributed by atoms with van der Waals surface area (Å²) in [5.74, 6) is -1.33. The van der Waals surface area contributed by atoms with Crippen molar-refractivity contribution in [3.63, 3.8) is 0 Å². The minimum absolute atomic E-state index is 0.0837. The predicted molar refractivity (Wildman–Crippen MR) is 129 cm³/mol. The van der Waals surface area contributed by atoms with Crippen LogP contribution in [0.25, 0.3) is 16.9 Å². The molecule has 0 fully saturated rings. The monoisotopic (exact) mass is 513 g/mol. The smallest absolute Gasteiger partial charge is 0.280 e. The third-order valence-corrected chi connectivity index (χ3v) is 5.85. The van der Waals surface area contributed by atoms with Gasteiger partial charge in [0.2, 0.25) is 5.88 Å². The Bertz CT molecular complexity index is 1500. The zero-order chi connectivity index (χ0) is 26.0. The summed E-state index contributed by atoms with van der Waals surface area (Å²) in [4.78, 5) is 29.9. The van der Waals surface area contributed by atoms with Gasteiger partial charge in [-0.25, -0.2) is 18.7 Å². The Kier molecular flexibility index (Phi) is 7.37. The molecule has 1 aromatic carbocycles. The molecule has 0 saturated carbocycles. The van der Waals surface area contributed by atoms with E-state index in [1.165, 1.54) is 4.57 Å². The number of rotatable bonds is 7. The van der Waals surface area contributed by atoms with Crippen molar-refractivity contribution in [2.24, 2.45) is 0 Å². The molecule has 186 valence electrons. The van der Waals surface area contributed by atoms with E-state index in [1.807, 2.05) is 26.0 Å². The molecular formula is C25H22ClF2N5O3. The second-order valence-electron chi connectivity index (χ2n) is 8.17. The topological polar surface area (TPSA) is 103 Å². The maximum Gasteiger partial charge on any atom is 0.280 e. The largest absolute Gasteiger partial charge is 0.470 e. The van der Waals surface area contributed by atoms with E-state index in [2.05, 4.69) is 19.9 Å². The molecule has 0 saturated heterocycles. The van der Waals surface area contributed by atoms with E-state index in [0.717, 1.165) is 17.3 Å². The normalized spacial score (nSPS) is 12.0. The van der Waals surface area contributed by atoms with E-state index in [1.54, 1.807) is 25.3 Å². The van der Waals surface area contributed by atoms with Gasteiger partial charge in [-0.3, -0.25) is 14.3 Å². The van der Waals surface area contributed by atoms with Crippen LogP contribution in [0.15, 0.2) is 47.5 Å². The first-order chi connectivity index (χ1) is 17.2. The molecule has 4 rings (SSSR count). The quantitative estimate of drug-likeness (QED) is 0.393. The molecule has 8 nitrogen and oxygen atoms in total. The second-order valence-corrected chi connectivity index (χ2v) is 8.55. The van der Waals surface area contributed by atoms with Crippen LogP contribution in [0.2, 0.25) is 5.02 Å². The van der Waals surface area contributed by atoms with Crippen molar-refractivity contribution in [1.29, 1.82) is 0 Å². The average molecular weight is 514 g/mol. The molecule has 11 heteroatoms. The van der Waals surface area contributed by atoms with Crippen molar-refractivity contribution in [3.05, 3.63) is 92.6 Å². The maximum atomic E-state index is 13.9. The van der Waals surface area contributed by atoms with Gasteiger partial charge >= 0.3 is 0 Å². The molecule has 0 radical (unpaired) electrons. The molecule has 4 aromatic rings. The standard InChI is InChI=1S/C25H22ClF2N5O3/c1-13-4-5-16(19-6-7-29-23(32-19)14(2)11-34)8-21(13)33-15(3)31-24(22(26)25(33)35)36-12-20-18(28)9-17(27)10-30-20/h4-10,14,34H,11-12H2,1-3H3. The first-order valence-electron chi connectivity index (χ1n) is 11.0. The van der Waals surface area contributed by atoms with Crippen LogP contribution in [0.3, 0.4) is 0 Å². The van der Waals surface area contributed by atoms with Crippen LogP contribution in [0, 0.1) is 25.5 Å². The number of halogens is 3. The SMILES string of the molecule is Cc1ccc(-c2ccnc(C(C)CO)n2)cc1-n1c(C)nc(OCc2ncc(F)cc2F)c(Cl)c1=O. The van der Waals surface area contributed by atoms with Gasteiger partial charge in [-0.2, -0.15) is 4.98 Å². The van der Waals surface area contributed by atoms with Crippen molar-refractivity contribution in [2.45, 2.75) is 33.3 Å². The molecule has 3 heterocycles. The number of nitrogens with zero attached hydrogens (tertiary/aromatic N) is 5. The molecule has 0 bridgehead atoms. The minimum Gasteiger partial charge on any atom is -0.470 e. The summed E-state index contributed by atoms with van der Waals surface area (Å²) in [6.45, 7) is 4.79. The molecule has 0 aliphatic heterocycles. The van der Waals surface area contributed by atoms with E-state index in [4.69, 9.17) is 16.3 Å². The lowest BCUT2D eigenvalue weighted by Crippen LogP contribution is -2.24. The Morgan fingerprint density at radius 1 is 1.14 bits per heavy atom. The number of aliphatic hydroxyl groups is 1. The highest BCUT2D eigenvalue weighted by molar-refractivity contribution is 6.31. The Balaban J connectivity index is 1.71. The zero-order valence-electron chi connectivity index (χ0n) is 19.7. The molecule has 0 aliphatic carbocycles. The third-order valence-electron chi connectivity index (χ3n) is 5.53. The molecule has 1 N–H and O–H groups in total. The predicted octanol–water partition coefficient (Wildman–Crippen LogP) is 4.31. The number of benzene rings is 1. The molecule has 36 heavy (non-hydrogen) atoms. The van der Waals surface area contributed by atoms with Gasteiger partial charge in [0.15, 0.2) is 10.8 Å². The summed E-state index contributed by atoms with van der Waals surface area (Å²) >= 11 is 6.29. The van der Waals surface area contributed by atoms with Gasteiger partial charge in [-0.05, 0) is 31.5 Å². The Morgan fingerprint density at radius 3 is 2.64 bits per heavy atom. The van der Waals surface area contributed by atoms with Crippen LogP contribution in [0.5, 0.6) is 5.88 Å². The highest BCUT2D eigenvalue weighted by atomic mass is 35.5. The molecule has 0 aliphatic rings. The Morgan fingerprint density at radius 2 is 1.92 bits per heavy atom. The summed E-state index contributed by atoms with van der Waals surface area (Å²) < 4.78 is 33.8. The lowest BCUT2D eigenvalue weighted by molar-refractivity contribution is 0.269. The van der Waals surface area contributed by atoms with Crippen molar-refractivity contribution in [3.8, 4) is 22.8 Å². The van der Waals surface area contributed by atoms with Crippen molar-refractivity contribution < 1.29 is 18.6 Å². The fourth-order valence-electron chi connectivity index (χ4n) is 3.51. The number of ether oxygens (including phenoxy) is 1. The first kappa shape index (κ1) is 25.3. The van der Waals surface area contributed by atoms with Crippen LogP contribution in [-0.2, 0) is 6.61 Å². The van der Waals surface area contributed by atoms with E-state index >= 15 is 0 Å². The van der Waals surface area contributed by atoms with E-state index < -0.39 is 23.8 Å². The summed E-state index contributed by atoms with van der Waals surface area (Å²) in [7, 11) is 0. The van der Waals surface area contributed by atoms with Crippen molar-refractivity contribution in [1.82, 2.24) is 24.5 Å². The Labute approximate surface area is 210 Å². The van der Waals surface area contributed by atoms with Gasteiger partial charge < -0.3 is 9.84 Å². The van der Waals surface area contributed by atoms with Gasteiger partial charge in [-0.1, -0.05) is 30.7 Å². The molecule has 3 aromatic heterocycles. The first-order valence-corrected chi connectivity index (χ1v) is 11.3. The lowest BCUT2D eigenvalue weighted by Gasteiger charge is -2.16. The van der Waals surface area contributed by atoms with Gasteiger partial charge in [0.25, 0.3) is 5.56 Å². The number of aromatic nitrogens is 5. The van der Waals surface area contributed by atoms with E-state index in [-0.39, 0.29) is 34.9 Å². The number of hydrogen-bond acceptors (Lipinski definition) is 7. The minimum atomic E-state index is -0.884. The summed E-state index contributed by atoms with van der Waals surface area (Å²) in [5.41, 5.74) is 1.94. The Hall–Kier alpha value is -3.76. The van der Waals surface area contributed by atoms with Crippen molar-refractivity contribution in [2.75, 3.05) is 6.61 Å². The summed E-state index contributed by atoms with van der Waals surface area (Å²) in [6.07, 6.45) is 2.48. The highest BCUT2D eigenvalue weighted by Crippen LogP contribution is 2.26. The van der Waals surface area contributed by atoms with Crippen LogP contribution in [-0.4, -0.2) is 36.2 Å². The fourth-order valence-corrected chi connectivity index (χ4v) is 3.69.